The van der Waals surface area contributed by atoms with E-state index in [4.69, 9.17) is 31.7 Å². The molecule has 1 saturated carbocycles. The van der Waals surface area contributed by atoms with Crippen LogP contribution in [-0.2, 0) is 14.3 Å². The molecular weight excluding hydrogens is 546 g/mol. The molecular formula is C31H52ClN3O6. The van der Waals surface area contributed by atoms with Crippen molar-refractivity contribution in [1.82, 2.24) is 9.74 Å². The molecule has 0 heterocycles. The third kappa shape index (κ3) is 12.1. The van der Waals surface area contributed by atoms with Gasteiger partial charge < -0.3 is 30.4 Å². The molecule has 0 aliphatic heterocycles. The molecule has 234 valence electrons. The van der Waals surface area contributed by atoms with Crippen molar-refractivity contribution in [2.45, 2.75) is 103 Å². The number of methoxy groups -OCH3 is 1. The van der Waals surface area contributed by atoms with Gasteiger partial charge in [0.25, 0.3) is 11.8 Å². The fourth-order valence-electron chi connectivity index (χ4n) is 5.00. The first-order valence-electron chi connectivity index (χ1n) is 15.0. The lowest BCUT2D eigenvalue weighted by atomic mass is 9.87. The number of para-hydroxylation sites is 1. The van der Waals surface area contributed by atoms with Gasteiger partial charge in [0.15, 0.2) is 0 Å². The predicted octanol–water partition coefficient (Wildman–Crippen LogP) is 4.68. The molecule has 1 aliphatic rings. The van der Waals surface area contributed by atoms with Crippen molar-refractivity contribution >= 4 is 23.6 Å². The average Bonchev–Trinajstić information content (AvgIpc) is 2.95. The Labute approximate surface area is 251 Å². The third-order valence-corrected chi connectivity index (χ3v) is 8.07. The van der Waals surface area contributed by atoms with Crippen LogP contribution in [0.3, 0.4) is 0 Å². The fraction of sp³-hybridized carbons (Fsp3) is 0.742. The zero-order valence-electron chi connectivity index (χ0n) is 25.6. The normalized spacial score (nSPS) is 16.7. The second-order valence-corrected chi connectivity index (χ2v) is 12.4. The van der Waals surface area contributed by atoms with Crippen LogP contribution in [0.4, 0.5) is 0 Å². The Bertz CT molecular complexity index is 925. The summed E-state index contributed by atoms with van der Waals surface area (Å²) in [6, 6.07) is 6.44. The summed E-state index contributed by atoms with van der Waals surface area (Å²) in [7, 11) is 1.66. The molecule has 2 amide bonds. The number of aliphatic hydroxyl groups excluding tert-OH is 1. The lowest BCUT2D eigenvalue weighted by Gasteiger charge is -2.33. The largest absolute Gasteiger partial charge is 0.493 e. The number of benzene rings is 1. The molecule has 1 aromatic rings. The van der Waals surface area contributed by atoms with Gasteiger partial charge in [-0.1, -0.05) is 45.2 Å². The van der Waals surface area contributed by atoms with Gasteiger partial charge in [-0.25, -0.2) is 0 Å². The van der Waals surface area contributed by atoms with E-state index in [-0.39, 0.29) is 42.8 Å². The summed E-state index contributed by atoms with van der Waals surface area (Å²) in [5.74, 6) is -0.0739. The van der Waals surface area contributed by atoms with Crippen LogP contribution in [0, 0.1) is 11.8 Å². The first-order valence-corrected chi connectivity index (χ1v) is 15.4. The number of nitrogens with two attached hydrogens (primary N) is 1. The number of carbonyl (C=O) groups is 2. The Kier molecular flexibility index (Phi) is 15.4. The second-order valence-electron chi connectivity index (χ2n) is 12.0. The number of rotatable bonds is 18. The minimum Gasteiger partial charge on any atom is -0.493 e. The second kappa shape index (κ2) is 17.9. The van der Waals surface area contributed by atoms with Crippen LogP contribution in [0.25, 0.3) is 0 Å². The molecule has 9 nitrogen and oxygen atoms in total. The summed E-state index contributed by atoms with van der Waals surface area (Å²) < 4.78 is 18.2. The molecule has 0 aromatic heterocycles. The zero-order chi connectivity index (χ0) is 30.4. The summed E-state index contributed by atoms with van der Waals surface area (Å²) in [5, 5.41) is 13.6. The quantitative estimate of drug-likeness (QED) is 0.166. The highest BCUT2D eigenvalue weighted by molar-refractivity contribution is 6.24. The van der Waals surface area contributed by atoms with E-state index in [1.54, 1.807) is 39.2 Å². The predicted molar refractivity (Wildman–Crippen MR) is 162 cm³/mol. The van der Waals surface area contributed by atoms with Gasteiger partial charge in [-0.2, -0.15) is 0 Å². The Balaban J connectivity index is 1.89. The third-order valence-electron chi connectivity index (χ3n) is 7.78. The molecule has 41 heavy (non-hydrogen) atoms. The van der Waals surface area contributed by atoms with Crippen molar-refractivity contribution in [3.63, 3.8) is 0 Å². The maximum Gasteiger partial charge on any atom is 0.271 e. The zero-order valence-corrected chi connectivity index (χ0v) is 26.3. The van der Waals surface area contributed by atoms with Crippen LogP contribution in [0.1, 0.15) is 89.4 Å². The molecule has 10 heteroatoms. The van der Waals surface area contributed by atoms with E-state index in [1.807, 2.05) is 19.9 Å². The van der Waals surface area contributed by atoms with Crippen LogP contribution in [0.2, 0.25) is 0 Å². The van der Waals surface area contributed by atoms with Crippen LogP contribution < -0.4 is 15.8 Å². The average molecular weight is 598 g/mol. The van der Waals surface area contributed by atoms with Gasteiger partial charge in [-0.05, 0) is 69.9 Å². The van der Waals surface area contributed by atoms with Gasteiger partial charge in [-0.3, -0.25) is 14.0 Å². The van der Waals surface area contributed by atoms with Crippen molar-refractivity contribution in [3.05, 3.63) is 29.8 Å². The summed E-state index contributed by atoms with van der Waals surface area (Å²) >= 11 is 6.51. The van der Waals surface area contributed by atoms with Crippen molar-refractivity contribution in [3.8, 4) is 5.75 Å². The van der Waals surface area contributed by atoms with Crippen molar-refractivity contribution < 1.29 is 28.9 Å². The highest BCUT2D eigenvalue weighted by Crippen LogP contribution is 2.26. The molecule has 0 bridgehead atoms. The summed E-state index contributed by atoms with van der Waals surface area (Å²) in [4.78, 5) is 26.1. The molecule has 0 spiro atoms. The number of ether oxygens (including phenoxy) is 3. The Morgan fingerprint density at radius 3 is 2.46 bits per heavy atom. The number of aliphatic hydroxyl groups is 1. The van der Waals surface area contributed by atoms with Crippen LogP contribution >= 0.6 is 11.8 Å². The van der Waals surface area contributed by atoms with Crippen LogP contribution in [0.15, 0.2) is 24.3 Å². The van der Waals surface area contributed by atoms with Gasteiger partial charge in [0.05, 0.1) is 24.4 Å². The number of hydrogen-bond donors (Lipinski definition) is 3. The van der Waals surface area contributed by atoms with Gasteiger partial charge in [-0.15, -0.1) is 0 Å². The Morgan fingerprint density at radius 1 is 1.15 bits per heavy atom. The van der Waals surface area contributed by atoms with E-state index in [2.05, 4.69) is 5.32 Å². The standard InChI is InChI=1S/C31H52ClN3O6/c1-22(2)23(21-35(32)29(37)25-15-9-10-16-28(25)40-18-12-11-17-39-5)19-26(33)27(36)20-34-30(38)31(3,4)41-24-13-7-6-8-14-24/h9-10,15-16,22-24,26-27,36H,6-8,11-14,17-21,33H2,1-5H3,(H,34,38)/t23-,26+,27+/m1/s1. The molecule has 4 N–H and O–H groups in total. The Morgan fingerprint density at radius 2 is 1.80 bits per heavy atom. The van der Waals surface area contributed by atoms with Gasteiger partial charge >= 0.3 is 0 Å². The van der Waals surface area contributed by atoms with Gasteiger partial charge in [0, 0.05) is 44.6 Å². The first kappa shape index (κ1) is 35.3. The van der Waals surface area contributed by atoms with E-state index in [0.29, 0.717) is 30.9 Å². The number of nitrogens with zero attached hydrogens (tertiary/aromatic N) is 1. The first-order chi connectivity index (χ1) is 19.5. The summed E-state index contributed by atoms with van der Waals surface area (Å²) in [5.41, 5.74) is 5.77. The van der Waals surface area contributed by atoms with Gasteiger partial charge in [0.2, 0.25) is 0 Å². The number of halogens is 1. The van der Waals surface area contributed by atoms with Crippen LogP contribution in [0.5, 0.6) is 5.75 Å². The number of hydrogen-bond acceptors (Lipinski definition) is 7. The maximum absolute atomic E-state index is 13.2. The molecule has 0 saturated heterocycles. The topological polar surface area (TPSA) is 123 Å². The van der Waals surface area contributed by atoms with E-state index >= 15 is 0 Å². The number of nitrogens with one attached hydrogen (secondary N) is 1. The van der Waals surface area contributed by atoms with Crippen molar-refractivity contribution in [2.24, 2.45) is 17.6 Å². The highest BCUT2D eigenvalue weighted by Gasteiger charge is 2.33. The maximum atomic E-state index is 13.2. The Hall–Kier alpha value is -1.91. The molecule has 3 atom stereocenters. The summed E-state index contributed by atoms with van der Waals surface area (Å²) in [6.45, 7) is 8.97. The number of amides is 2. The molecule has 1 aromatic carbocycles. The lowest BCUT2D eigenvalue weighted by molar-refractivity contribution is -0.152. The van der Waals surface area contributed by atoms with Crippen molar-refractivity contribution in [1.29, 1.82) is 0 Å². The lowest BCUT2D eigenvalue weighted by Crippen LogP contribution is -2.51. The molecule has 1 aliphatic carbocycles. The number of unbranched alkanes of at least 4 members (excludes halogenated alkanes) is 1. The van der Waals surface area contributed by atoms with Gasteiger partial charge in [0.1, 0.15) is 11.4 Å². The van der Waals surface area contributed by atoms with E-state index in [0.717, 1.165) is 38.5 Å². The molecule has 0 unspecified atom stereocenters. The van der Waals surface area contributed by atoms with E-state index < -0.39 is 17.7 Å². The minimum atomic E-state index is -0.990. The molecule has 1 fully saturated rings. The van der Waals surface area contributed by atoms with Crippen molar-refractivity contribution in [2.75, 3.05) is 33.4 Å². The monoisotopic (exact) mass is 597 g/mol. The molecule has 2 rings (SSSR count). The number of carbonyl (C=O) groups excluding carboxylic acids is 2. The summed E-state index contributed by atoms with van der Waals surface area (Å²) in [6.07, 6.45) is 6.60. The SMILES string of the molecule is COCCCCOc1ccccc1C(=O)N(Cl)C[C@@H](C[C@H](N)[C@@H](O)CNC(=O)C(C)(C)OC1CCCCC1)C(C)C. The minimum absolute atomic E-state index is 0.0148. The van der Waals surface area contributed by atoms with Crippen LogP contribution in [-0.4, -0.2) is 78.6 Å². The van der Waals surface area contributed by atoms with E-state index in [1.165, 1.54) is 10.8 Å². The highest BCUT2D eigenvalue weighted by atomic mass is 35.5. The smallest absolute Gasteiger partial charge is 0.271 e. The fourth-order valence-corrected chi connectivity index (χ4v) is 5.27. The molecule has 0 radical (unpaired) electrons. The van der Waals surface area contributed by atoms with E-state index in [9.17, 15) is 14.7 Å².